The third-order valence-corrected chi connectivity index (χ3v) is 4.82. The van der Waals surface area contributed by atoms with Crippen molar-refractivity contribution in [1.82, 2.24) is 24.2 Å². The van der Waals surface area contributed by atoms with Crippen LogP contribution in [0.1, 0.15) is 17.4 Å². The first-order chi connectivity index (χ1) is 12.7. The third-order valence-electron chi connectivity index (χ3n) is 4.82. The van der Waals surface area contributed by atoms with Gasteiger partial charge in [-0.15, -0.1) is 0 Å². The van der Waals surface area contributed by atoms with Crippen LogP contribution in [0.15, 0.2) is 42.9 Å². The molecule has 0 N–H and O–H groups in total. The lowest BCUT2D eigenvalue weighted by molar-refractivity contribution is 0.0638. The summed E-state index contributed by atoms with van der Waals surface area (Å²) in [6.07, 6.45) is 5.15. The number of fused-ring (bicyclic) bond motifs is 1. The van der Waals surface area contributed by atoms with Crippen molar-refractivity contribution in [3.05, 3.63) is 54.4 Å². The average Bonchev–Trinajstić information content (AvgIpc) is 3.12. The second-order valence-electron chi connectivity index (χ2n) is 6.37. The molecule has 26 heavy (non-hydrogen) atoms. The molecule has 2 aromatic heterocycles. The van der Waals surface area contributed by atoms with E-state index in [4.69, 9.17) is 0 Å². The zero-order chi connectivity index (χ0) is 18.1. The van der Waals surface area contributed by atoms with Gasteiger partial charge in [0.1, 0.15) is 17.2 Å². The minimum atomic E-state index is -0.300. The van der Waals surface area contributed by atoms with Crippen molar-refractivity contribution in [2.24, 2.45) is 0 Å². The van der Waals surface area contributed by atoms with E-state index in [-0.39, 0.29) is 11.7 Å². The summed E-state index contributed by atoms with van der Waals surface area (Å²) in [4.78, 5) is 25.9. The van der Waals surface area contributed by atoms with Crippen molar-refractivity contribution in [3.63, 3.8) is 0 Å². The Hall–Kier alpha value is -2.80. The number of rotatable bonds is 3. The smallest absolute Gasteiger partial charge is 0.274 e. The molecule has 0 spiro atoms. The fourth-order valence-corrected chi connectivity index (χ4v) is 3.26. The maximum absolute atomic E-state index is 13.2. The molecule has 0 saturated carbocycles. The Balaban J connectivity index is 1.65. The van der Waals surface area contributed by atoms with Gasteiger partial charge in [-0.05, 0) is 30.8 Å². The molecule has 0 unspecified atom stereocenters. The van der Waals surface area contributed by atoms with Crippen molar-refractivity contribution in [2.45, 2.75) is 6.92 Å². The first-order valence-corrected chi connectivity index (χ1v) is 8.77. The Labute approximate surface area is 150 Å². The number of nitrogens with zero attached hydrogens (tertiary/aromatic N) is 5. The van der Waals surface area contributed by atoms with Crippen LogP contribution in [-0.2, 0) is 0 Å². The molecule has 1 aliphatic heterocycles. The number of aromatic nitrogens is 3. The highest BCUT2D eigenvalue weighted by molar-refractivity contribution is 5.93. The van der Waals surface area contributed by atoms with Crippen LogP contribution in [0.3, 0.4) is 0 Å². The molecule has 134 valence electrons. The van der Waals surface area contributed by atoms with Crippen LogP contribution < -0.4 is 0 Å². The fourth-order valence-electron chi connectivity index (χ4n) is 3.26. The zero-order valence-electron chi connectivity index (χ0n) is 14.6. The summed E-state index contributed by atoms with van der Waals surface area (Å²) >= 11 is 0. The molecule has 0 aliphatic carbocycles. The van der Waals surface area contributed by atoms with E-state index in [0.717, 1.165) is 25.2 Å². The van der Waals surface area contributed by atoms with E-state index in [9.17, 15) is 9.18 Å². The SMILES string of the molecule is CCN1CCN(C(=O)c2cn3ccnc(-c4ccc(F)cc4)c3n2)CC1. The number of carbonyl (C=O) groups excluding carboxylic acids is 1. The molecule has 7 heteroatoms. The number of piperazine rings is 1. The van der Waals surface area contributed by atoms with Gasteiger partial charge in [0.2, 0.25) is 0 Å². The summed E-state index contributed by atoms with van der Waals surface area (Å²) in [7, 11) is 0. The van der Waals surface area contributed by atoms with Gasteiger partial charge in [-0.1, -0.05) is 6.92 Å². The van der Waals surface area contributed by atoms with Gasteiger partial charge in [0, 0.05) is 50.3 Å². The average molecular weight is 353 g/mol. The van der Waals surface area contributed by atoms with Gasteiger partial charge in [-0.25, -0.2) is 9.37 Å². The van der Waals surface area contributed by atoms with Crippen LogP contribution in [0.4, 0.5) is 4.39 Å². The van der Waals surface area contributed by atoms with E-state index < -0.39 is 0 Å². The van der Waals surface area contributed by atoms with Crippen molar-refractivity contribution >= 4 is 11.6 Å². The second-order valence-corrected chi connectivity index (χ2v) is 6.37. The maximum atomic E-state index is 13.2. The second kappa shape index (κ2) is 6.84. The predicted molar refractivity (Wildman–Crippen MR) is 96.4 cm³/mol. The van der Waals surface area contributed by atoms with Gasteiger partial charge in [0.25, 0.3) is 5.91 Å². The van der Waals surface area contributed by atoms with Gasteiger partial charge < -0.3 is 14.2 Å². The van der Waals surface area contributed by atoms with E-state index >= 15 is 0 Å². The minimum absolute atomic E-state index is 0.0606. The predicted octanol–water partition coefficient (Wildman–Crippen LogP) is 2.31. The highest BCUT2D eigenvalue weighted by atomic mass is 19.1. The van der Waals surface area contributed by atoms with Crippen LogP contribution in [0.2, 0.25) is 0 Å². The molecular weight excluding hydrogens is 333 g/mol. The topological polar surface area (TPSA) is 53.7 Å². The largest absolute Gasteiger partial charge is 0.335 e. The Morgan fingerprint density at radius 2 is 1.88 bits per heavy atom. The van der Waals surface area contributed by atoms with E-state index in [2.05, 4.69) is 21.8 Å². The van der Waals surface area contributed by atoms with E-state index in [1.165, 1.54) is 12.1 Å². The molecule has 0 bridgehead atoms. The van der Waals surface area contributed by atoms with Crippen molar-refractivity contribution < 1.29 is 9.18 Å². The fraction of sp³-hybridized carbons (Fsp3) is 0.316. The molecule has 1 fully saturated rings. The zero-order valence-corrected chi connectivity index (χ0v) is 14.6. The molecule has 1 aliphatic rings. The molecule has 3 aromatic rings. The number of halogens is 1. The van der Waals surface area contributed by atoms with Crippen LogP contribution >= 0.6 is 0 Å². The van der Waals surface area contributed by atoms with Crippen LogP contribution in [0.5, 0.6) is 0 Å². The van der Waals surface area contributed by atoms with Crippen LogP contribution in [0, 0.1) is 5.82 Å². The summed E-state index contributed by atoms with van der Waals surface area (Å²) in [5, 5.41) is 0. The van der Waals surface area contributed by atoms with Crippen molar-refractivity contribution in [2.75, 3.05) is 32.7 Å². The van der Waals surface area contributed by atoms with Crippen LogP contribution in [-0.4, -0.2) is 62.8 Å². The summed E-state index contributed by atoms with van der Waals surface area (Å²) in [5.41, 5.74) is 2.39. The molecule has 6 nitrogen and oxygen atoms in total. The van der Waals surface area contributed by atoms with Crippen molar-refractivity contribution in [3.8, 4) is 11.3 Å². The minimum Gasteiger partial charge on any atom is -0.335 e. The normalized spacial score (nSPS) is 15.5. The lowest BCUT2D eigenvalue weighted by Gasteiger charge is -2.33. The molecule has 4 rings (SSSR count). The van der Waals surface area contributed by atoms with E-state index in [1.54, 1.807) is 35.1 Å². The monoisotopic (exact) mass is 353 g/mol. The Morgan fingerprint density at radius 1 is 1.15 bits per heavy atom. The number of hydrogen-bond acceptors (Lipinski definition) is 4. The van der Waals surface area contributed by atoms with Gasteiger partial charge in [-0.2, -0.15) is 0 Å². The number of carbonyl (C=O) groups is 1. The number of likely N-dealkylation sites (N-methyl/N-ethyl adjacent to an activating group) is 1. The Morgan fingerprint density at radius 3 is 2.58 bits per heavy atom. The molecule has 1 aromatic carbocycles. The summed E-state index contributed by atoms with van der Waals surface area (Å²) < 4.78 is 15.0. The molecule has 0 atom stereocenters. The van der Waals surface area contributed by atoms with Gasteiger partial charge in [0.15, 0.2) is 5.65 Å². The molecule has 0 radical (unpaired) electrons. The number of imidazole rings is 1. The summed E-state index contributed by atoms with van der Waals surface area (Å²) in [6, 6.07) is 6.11. The molecular formula is C19H20FN5O. The summed E-state index contributed by atoms with van der Waals surface area (Å²) in [6.45, 7) is 6.33. The number of amides is 1. The highest BCUT2D eigenvalue weighted by Gasteiger charge is 2.24. The van der Waals surface area contributed by atoms with Gasteiger partial charge in [0.05, 0.1) is 0 Å². The Bertz CT molecular complexity index is 929. The quantitative estimate of drug-likeness (QED) is 0.725. The molecule has 1 amide bonds. The number of benzene rings is 1. The Kier molecular flexibility index (Phi) is 4.38. The van der Waals surface area contributed by atoms with E-state index in [1.807, 2.05) is 4.90 Å². The third kappa shape index (κ3) is 3.06. The first kappa shape index (κ1) is 16.7. The maximum Gasteiger partial charge on any atom is 0.274 e. The van der Waals surface area contributed by atoms with Crippen LogP contribution in [0.25, 0.3) is 16.9 Å². The molecule has 3 heterocycles. The lowest BCUT2D eigenvalue weighted by atomic mass is 10.1. The van der Waals surface area contributed by atoms with E-state index in [0.29, 0.717) is 30.1 Å². The highest BCUT2D eigenvalue weighted by Crippen LogP contribution is 2.22. The first-order valence-electron chi connectivity index (χ1n) is 8.77. The van der Waals surface area contributed by atoms with Crippen molar-refractivity contribution in [1.29, 1.82) is 0 Å². The summed E-state index contributed by atoms with van der Waals surface area (Å²) in [5.74, 6) is -0.361. The molecule has 1 saturated heterocycles. The number of hydrogen-bond donors (Lipinski definition) is 0. The standard InChI is InChI=1S/C19H20FN5O/c1-2-23-9-11-24(12-10-23)19(26)16-13-25-8-7-21-17(18(25)22-16)14-3-5-15(20)6-4-14/h3-8,13H,2,9-12H2,1H3. The van der Waals surface area contributed by atoms with Gasteiger partial charge >= 0.3 is 0 Å². The van der Waals surface area contributed by atoms with Gasteiger partial charge in [-0.3, -0.25) is 9.78 Å². The lowest BCUT2D eigenvalue weighted by Crippen LogP contribution is -2.48.